The SMILES string of the molecule is COc1ccccc1C(CNC(=O)C(C)C1CCCC1)N1CCOCC1. The third kappa shape index (κ3) is 4.57. The third-order valence-electron chi connectivity index (χ3n) is 5.97. The van der Waals surface area contributed by atoms with E-state index in [0.29, 0.717) is 12.5 Å². The Balaban J connectivity index is 1.70. The van der Waals surface area contributed by atoms with Gasteiger partial charge in [0.15, 0.2) is 0 Å². The van der Waals surface area contributed by atoms with Crippen molar-refractivity contribution in [2.24, 2.45) is 11.8 Å². The van der Waals surface area contributed by atoms with Crippen LogP contribution in [0.2, 0.25) is 0 Å². The first-order chi connectivity index (χ1) is 12.7. The number of carbonyl (C=O) groups excluding carboxylic acids is 1. The van der Waals surface area contributed by atoms with Crippen LogP contribution in [-0.4, -0.2) is 50.8 Å². The van der Waals surface area contributed by atoms with Gasteiger partial charge < -0.3 is 14.8 Å². The molecule has 0 bridgehead atoms. The second-order valence-corrected chi connectivity index (χ2v) is 7.48. The van der Waals surface area contributed by atoms with E-state index in [-0.39, 0.29) is 17.9 Å². The first-order valence-corrected chi connectivity index (χ1v) is 9.93. The van der Waals surface area contributed by atoms with E-state index in [2.05, 4.69) is 23.2 Å². The molecule has 2 aliphatic rings. The highest BCUT2D eigenvalue weighted by molar-refractivity contribution is 5.78. The van der Waals surface area contributed by atoms with Gasteiger partial charge in [0.05, 0.1) is 26.4 Å². The molecule has 1 saturated heterocycles. The molecule has 5 heteroatoms. The van der Waals surface area contributed by atoms with Gasteiger partial charge in [-0.1, -0.05) is 38.0 Å². The maximum atomic E-state index is 12.7. The number of carbonyl (C=O) groups is 1. The number of benzene rings is 1. The molecule has 0 spiro atoms. The number of nitrogens with zero attached hydrogens (tertiary/aromatic N) is 1. The number of nitrogens with one attached hydrogen (secondary N) is 1. The van der Waals surface area contributed by atoms with Crippen LogP contribution in [0.3, 0.4) is 0 Å². The molecule has 26 heavy (non-hydrogen) atoms. The number of para-hydroxylation sites is 1. The Morgan fingerprint density at radius 3 is 2.65 bits per heavy atom. The van der Waals surface area contributed by atoms with E-state index in [9.17, 15) is 4.79 Å². The molecule has 1 saturated carbocycles. The van der Waals surface area contributed by atoms with Crippen LogP contribution >= 0.6 is 0 Å². The summed E-state index contributed by atoms with van der Waals surface area (Å²) in [6, 6.07) is 8.22. The first kappa shape index (κ1) is 19.2. The zero-order chi connectivity index (χ0) is 18.4. The van der Waals surface area contributed by atoms with Crippen molar-refractivity contribution in [3.05, 3.63) is 29.8 Å². The highest BCUT2D eigenvalue weighted by atomic mass is 16.5. The van der Waals surface area contributed by atoms with E-state index in [4.69, 9.17) is 9.47 Å². The van der Waals surface area contributed by atoms with E-state index >= 15 is 0 Å². The topological polar surface area (TPSA) is 50.8 Å². The van der Waals surface area contributed by atoms with E-state index in [1.54, 1.807) is 7.11 Å². The summed E-state index contributed by atoms with van der Waals surface area (Å²) in [5.41, 5.74) is 1.13. The van der Waals surface area contributed by atoms with Gasteiger partial charge in [0.2, 0.25) is 5.91 Å². The van der Waals surface area contributed by atoms with Crippen molar-refractivity contribution in [2.45, 2.75) is 38.6 Å². The molecule has 5 nitrogen and oxygen atoms in total. The fourth-order valence-corrected chi connectivity index (χ4v) is 4.30. The number of methoxy groups -OCH3 is 1. The average Bonchev–Trinajstić information content (AvgIpc) is 3.23. The highest BCUT2D eigenvalue weighted by Crippen LogP contribution is 2.32. The lowest BCUT2D eigenvalue weighted by Crippen LogP contribution is -2.45. The van der Waals surface area contributed by atoms with E-state index in [1.807, 2.05) is 18.2 Å². The van der Waals surface area contributed by atoms with E-state index in [0.717, 1.165) is 37.6 Å². The molecule has 3 rings (SSSR count). The molecule has 2 fully saturated rings. The van der Waals surface area contributed by atoms with Gasteiger partial charge in [-0.05, 0) is 24.8 Å². The molecule has 1 aliphatic heterocycles. The van der Waals surface area contributed by atoms with E-state index in [1.165, 1.54) is 25.7 Å². The van der Waals surface area contributed by atoms with Gasteiger partial charge in [-0.15, -0.1) is 0 Å². The smallest absolute Gasteiger partial charge is 0.223 e. The van der Waals surface area contributed by atoms with Crippen molar-refractivity contribution in [1.82, 2.24) is 10.2 Å². The van der Waals surface area contributed by atoms with Gasteiger partial charge >= 0.3 is 0 Å². The van der Waals surface area contributed by atoms with Crippen molar-refractivity contribution in [3.63, 3.8) is 0 Å². The Bertz CT molecular complexity index is 580. The normalized spacial score (nSPS) is 21.3. The van der Waals surface area contributed by atoms with Crippen LogP contribution < -0.4 is 10.1 Å². The van der Waals surface area contributed by atoms with Crippen LogP contribution in [-0.2, 0) is 9.53 Å². The average molecular weight is 360 g/mol. The Morgan fingerprint density at radius 1 is 1.27 bits per heavy atom. The van der Waals surface area contributed by atoms with Crippen LogP contribution in [0.15, 0.2) is 24.3 Å². The lowest BCUT2D eigenvalue weighted by molar-refractivity contribution is -0.126. The summed E-state index contributed by atoms with van der Waals surface area (Å²) in [4.78, 5) is 15.1. The van der Waals surface area contributed by atoms with Crippen LogP contribution in [0.4, 0.5) is 0 Å². The third-order valence-corrected chi connectivity index (χ3v) is 5.97. The minimum atomic E-state index is 0.0977. The fourth-order valence-electron chi connectivity index (χ4n) is 4.30. The zero-order valence-electron chi connectivity index (χ0n) is 16.1. The van der Waals surface area contributed by atoms with Crippen molar-refractivity contribution < 1.29 is 14.3 Å². The molecule has 1 N–H and O–H groups in total. The predicted octanol–water partition coefficient (Wildman–Crippen LogP) is 3.01. The van der Waals surface area contributed by atoms with E-state index < -0.39 is 0 Å². The van der Waals surface area contributed by atoms with Gasteiger partial charge in [0, 0.05) is 31.1 Å². The number of amides is 1. The van der Waals surface area contributed by atoms with Crippen molar-refractivity contribution >= 4 is 5.91 Å². The summed E-state index contributed by atoms with van der Waals surface area (Å²) in [5.74, 6) is 1.70. The molecule has 0 aromatic heterocycles. The van der Waals surface area contributed by atoms with Gasteiger partial charge in [-0.2, -0.15) is 0 Å². The van der Waals surface area contributed by atoms with Gasteiger partial charge in [-0.25, -0.2) is 0 Å². The minimum absolute atomic E-state index is 0.0977. The molecule has 1 amide bonds. The van der Waals surface area contributed by atoms with Gasteiger partial charge in [0.1, 0.15) is 5.75 Å². The number of hydrogen-bond acceptors (Lipinski definition) is 4. The predicted molar refractivity (Wildman–Crippen MR) is 102 cm³/mol. The van der Waals surface area contributed by atoms with Crippen LogP contribution in [0.25, 0.3) is 0 Å². The molecular weight excluding hydrogens is 328 g/mol. The molecule has 144 valence electrons. The Morgan fingerprint density at radius 2 is 1.96 bits per heavy atom. The second-order valence-electron chi connectivity index (χ2n) is 7.48. The molecule has 1 aromatic rings. The maximum Gasteiger partial charge on any atom is 0.223 e. The summed E-state index contributed by atoms with van der Waals surface area (Å²) in [6.45, 7) is 5.90. The van der Waals surface area contributed by atoms with Crippen LogP contribution in [0, 0.1) is 11.8 Å². The van der Waals surface area contributed by atoms with Crippen molar-refractivity contribution in [2.75, 3.05) is 40.0 Å². The zero-order valence-corrected chi connectivity index (χ0v) is 16.1. The van der Waals surface area contributed by atoms with Gasteiger partial charge in [0.25, 0.3) is 0 Å². The maximum absolute atomic E-state index is 12.7. The van der Waals surface area contributed by atoms with Gasteiger partial charge in [-0.3, -0.25) is 9.69 Å². The molecule has 1 heterocycles. The number of rotatable bonds is 7. The Kier molecular flexibility index (Phi) is 6.92. The lowest BCUT2D eigenvalue weighted by Gasteiger charge is -2.35. The highest BCUT2D eigenvalue weighted by Gasteiger charge is 2.29. The summed E-state index contributed by atoms with van der Waals surface area (Å²) < 4.78 is 11.1. The first-order valence-electron chi connectivity index (χ1n) is 9.93. The fraction of sp³-hybridized carbons (Fsp3) is 0.667. The molecule has 0 radical (unpaired) electrons. The Hall–Kier alpha value is -1.59. The standard InChI is InChI=1S/C21H32N2O3/c1-16(17-7-3-4-8-17)21(24)22-15-19(23-11-13-26-14-12-23)18-9-5-6-10-20(18)25-2/h5-6,9-10,16-17,19H,3-4,7-8,11-15H2,1-2H3,(H,22,24). The molecule has 2 atom stereocenters. The minimum Gasteiger partial charge on any atom is -0.496 e. The number of hydrogen-bond donors (Lipinski definition) is 1. The summed E-state index contributed by atoms with van der Waals surface area (Å²) in [6.07, 6.45) is 4.90. The lowest BCUT2D eigenvalue weighted by atomic mass is 9.91. The van der Waals surface area contributed by atoms with Crippen LogP contribution in [0.5, 0.6) is 5.75 Å². The summed E-state index contributed by atoms with van der Waals surface area (Å²) >= 11 is 0. The number of ether oxygens (including phenoxy) is 2. The van der Waals surface area contributed by atoms with Crippen LogP contribution in [0.1, 0.15) is 44.2 Å². The molecule has 1 aromatic carbocycles. The quantitative estimate of drug-likeness (QED) is 0.812. The molecule has 2 unspecified atom stereocenters. The van der Waals surface area contributed by atoms with Crippen molar-refractivity contribution in [1.29, 1.82) is 0 Å². The number of morpholine rings is 1. The Labute approximate surface area is 157 Å². The second kappa shape index (κ2) is 9.38. The monoisotopic (exact) mass is 360 g/mol. The van der Waals surface area contributed by atoms with Crippen molar-refractivity contribution in [3.8, 4) is 5.75 Å². The summed E-state index contributed by atoms with van der Waals surface area (Å²) in [5, 5.41) is 3.23. The molecular formula is C21H32N2O3. The largest absolute Gasteiger partial charge is 0.496 e. The summed E-state index contributed by atoms with van der Waals surface area (Å²) in [7, 11) is 1.70. The molecule has 1 aliphatic carbocycles.